The summed E-state index contributed by atoms with van der Waals surface area (Å²) in [5.74, 6) is 0.283. The van der Waals surface area contributed by atoms with Crippen LogP contribution in [0.15, 0.2) is 6.33 Å². The molecule has 96 valence electrons. The van der Waals surface area contributed by atoms with Crippen LogP contribution < -0.4 is 10.2 Å². The standard InChI is InChI=1S/C11H13ClN4O2/c1-11(2)10(18)13-3-4-16(11)9-7(5-17)8(12)14-6-15-9/h5-6H,3-4H2,1-2H3,(H,13,18). The minimum Gasteiger partial charge on any atom is -0.352 e. The summed E-state index contributed by atoms with van der Waals surface area (Å²) in [6.07, 6.45) is 1.90. The molecular formula is C11H13ClN4O2. The van der Waals surface area contributed by atoms with Crippen molar-refractivity contribution in [3.8, 4) is 0 Å². The smallest absolute Gasteiger partial charge is 0.245 e. The summed E-state index contributed by atoms with van der Waals surface area (Å²) in [5, 5.41) is 2.87. The number of piperazine rings is 1. The zero-order chi connectivity index (χ0) is 13.3. The first kappa shape index (κ1) is 12.8. The lowest BCUT2D eigenvalue weighted by atomic mass is 9.98. The van der Waals surface area contributed by atoms with Crippen LogP contribution in [0.5, 0.6) is 0 Å². The zero-order valence-electron chi connectivity index (χ0n) is 10.1. The molecule has 1 fully saturated rings. The average molecular weight is 269 g/mol. The van der Waals surface area contributed by atoms with Crippen LogP contribution in [0.2, 0.25) is 5.15 Å². The summed E-state index contributed by atoms with van der Waals surface area (Å²) < 4.78 is 0. The molecule has 0 saturated carbocycles. The summed E-state index contributed by atoms with van der Waals surface area (Å²) in [6, 6.07) is 0. The van der Waals surface area contributed by atoms with Crippen molar-refractivity contribution in [2.24, 2.45) is 0 Å². The van der Waals surface area contributed by atoms with Crippen LogP contribution in [0.25, 0.3) is 0 Å². The molecule has 2 rings (SSSR count). The van der Waals surface area contributed by atoms with Crippen molar-refractivity contribution < 1.29 is 9.59 Å². The van der Waals surface area contributed by atoms with Gasteiger partial charge in [-0.2, -0.15) is 0 Å². The highest BCUT2D eigenvalue weighted by Gasteiger charge is 2.39. The molecule has 6 nitrogen and oxygen atoms in total. The monoisotopic (exact) mass is 268 g/mol. The Bertz CT molecular complexity index is 504. The molecule has 1 aromatic rings. The van der Waals surface area contributed by atoms with Gasteiger partial charge in [0, 0.05) is 13.1 Å². The van der Waals surface area contributed by atoms with Crippen molar-refractivity contribution in [2.45, 2.75) is 19.4 Å². The van der Waals surface area contributed by atoms with Crippen molar-refractivity contribution in [3.05, 3.63) is 17.0 Å². The van der Waals surface area contributed by atoms with Crippen LogP contribution in [0.3, 0.4) is 0 Å². The maximum absolute atomic E-state index is 11.9. The van der Waals surface area contributed by atoms with Gasteiger partial charge in [-0.15, -0.1) is 0 Å². The summed E-state index contributed by atoms with van der Waals surface area (Å²) in [7, 11) is 0. The number of amides is 1. The van der Waals surface area contributed by atoms with E-state index in [-0.39, 0.29) is 16.6 Å². The van der Waals surface area contributed by atoms with Crippen LogP contribution in [-0.4, -0.2) is 40.8 Å². The van der Waals surface area contributed by atoms with Crippen LogP contribution in [0.4, 0.5) is 5.82 Å². The maximum Gasteiger partial charge on any atom is 0.245 e. The molecule has 7 heteroatoms. The van der Waals surface area contributed by atoms with Crippen molar-refractivity contribution in [2.75, 3.05) is 18.0 Å². The first-order valence-electron chi connectivity index (χ1n) is 5.50. The Kier molecular flexibility index (Phi) is 3.21. The molecule has 0 bridgehead atoms. The minimum absolute atomic E-state index is 0.0942. The van der Waals surface area contributed by atoms with Crippen LogP contribution in [-0.2, 0) is 4.79 Å². The Morgan fingerprint density at radius 3 is 2.89 bits per heavy atom. The van der Waals surface area contributed by atoms with Gasteiger partial charge in [0.15, 0.2) is 6.29 Å². The predicted molar refractivity (Wildman–Crippen MR) is 66.9 cm³/mol. The van der Waals surface area contributed by atoms with Gasteiger partial charge >= 0.3 is 0 Å². The molecule has 1 aliphatic rings. The molecule has 1 amide bonds. The molecule has 2 heterocycles. The van der Waals surface area contributed by atoms with Crippen LogP contribution in [0.1, 0.15) is 24.2 Å². The number of carbonyl (C=O) groups excluding carboxylic acids is 2. The predicted octanol–water partition coefficient (Wildman–Crippen LogP) is 0.657. The Morgan fingerprint density at radius 1 is 1.50 bits per heavy atom. The number of carbonyl (C=O) groups is 2. The van der Waals surface area contributed by atoms with E-state index < -0.39 is 5.54 Å². The molecular weight excluding hydrogens is 256 g/mol. The fraction of sp³-hybridized carbons (Fsp3) is 0.455. The summed E-state index contributed by atoms with van der Waals surface area (Å²) in [4.78, 5) is 32.6. The van der Waals surface area contributed by atoms with Crippen molar-refractivity contribution in [1.29, 1.82) is 0 Å². The molecule has 1 aromatic heterocycles. The van der Waals surface area contributed by atoms with Crippen molar-refractivity contribution in [3.63, 3.8) is 0 Å². The average Bonchev–Trinajstić information content (AvgIpc) is 2.32. The van der Waals surface area contributed by atoms with E-state index in [1.807, 2.05) is 0 Å². The SMILES string of the molecule is CC1(C)C(=O)NCCN1c1ncnc(Cl)c1C=O. The Hall–Kier alpha value is -1.69. The number of hydrogen-bond donors (Lipinski definition) is 1. The molecule has 0 unspecified atom stereocenters. The number of aromatic nitrogens is 2. The molecule has 0 aromatic carbocycles. The van der Waals surface area contributed by atoms with Gasteiger partial charge in [-0.1, -0.05) is 11.6 Å². The third-order valence-corrected chi connectivity index (χ3v) is 3.34. The largest absolute Gasteiger partial charge is 0.352 e. The number of anilines is 1. The number of rotatable bonds is 2. The van der Waals surface area contributed by atoms with E-state index in [0.717, 1.165) is 0 Å². The number of halogens is 1. The molecule has 0 spiro atoms. The third-order valence-electron chi connectivity index (χ3n) is 3.04. The first-order chi connectivity index (χ1) is 8.48. The van der Waals surface area contributed by atoms with E-state index in [1.165, 1.54) is 6.33 Å². The van der Waals surface area contributed by atoms with E-state index in [9.17, 15) is 9.59 Å². The molecule has 0 radical (unpaired) electrons. The van der Waals surface area contributed by atoms with E-state index in [0.29, 0.717) is 25.2 Å². The van der Waals surface area contributed by atoms with Gasteiger partial charge in [0.05, 0.1) is 5.56 Å². The second kappa shape index (κ2) is 4.53. The van der Waals surface area contributed by atoms with Gasteiger partial charge in [0.2, 0.25) is 5.91 Å². The van der Waals surface area contributed by atoms with Gasteiger partial charge in [-0.3, -0.25) is 9.59 Å². The van der Waals surface area contributed by atoms with E-state index >= 15 is 0 Å². The number of nitrogens with zero attached hydrogens (tertiary/aromatic N) is 3. The molecule has 0 aliphatic carbocycles. The fourth-order valence-corrected chi connectivity index (χ4v) is 2.12. The molecule has 1 N–H and O–H groups in total. The van der Waals surface area contributed by atoms with Crippen LogP contribution >= 0.6 is 11.6 Å². The van der Waals surface area contributed by atoms with E-state index in [4.69, 9.17) is 11.6 Å². The van der Waals surface area contributed by atoms with Gasteiger partial charge < -0.3 is 10.2 Å². The molecule has 0 atom stereocenters. The third kappa shape index (κ3) is 1.92. The normalized spacial score (nSPS) is 18.4. The number of aldehydes is 1. The second-order valence-corrected chi connectivity index (χ2v) is 4.84. The topological polar surface area (TPSA) is 75.2 Å². The van der Waals surface area contributed by atoms with Crippen molar-refractivity contribution >= 4 is 29.6 Å². The highest BCUT2D eigenvalue weighted by atomic mass is 35.5. The highest BCUT2D eigenvalue weighted by Crippen LogP contribution is 2.28. The first-order valence-corrected chi connectivity index (χ1v) is 5.88. The number of hydrogen-bond acceptors (Lipinski definition) is 5. The van der Waals surface area contributed by atoms with Gasteiger partial charge in [-0.05, 0) is 13.8 Å². The van der Waals surface area contributed by atoms with Gasteiger partial charge in [-0.25, -0.2) is 9.97 Å². The Balaban J connectivity index is 2.51. The number of nitrogens with one attached hydrogen (secondary N) is 1. The maximum atomic E-state index is 11.9. The molecule has 18 heavy (non-hydrogen) atoms. The lowest BCUT2D eigenvalue weighted by Gasteiger charge is -2.42. The lowest BCUT2D eigenvalue weighted by molar-refractivity contribution is -0.126. The van der Waals surface area contributed by atoms with Crippen LogP contribution in [0, 0.1) is 0 Å². The summed E-state index contributed by atoms with van der Waals surface area (Å²) in [6.45, 7) is 4.60. The van der Waals surface area contributed by atoms with Gasteiger partial charge in [0.1, 0.15) is 22.8 Å². The fourth-order valence-electron chi connectivity index (χ4n) is 1.95. The van der Waals surface area contributed by atoms with Crippen molar-refractivity contribution in [1.82, 2.24) is 15.3 Å². The Morgan fingerprint density at radius 2 is 2.22 bits per heavy atom. The second-order valence-electron chi connectivity index (χ2n) is 4.49. The summed E-state index contributed by atoms with van der Waals surface area (Å²) >= 11 is 5.87. The molecule has 1 saturated heterocycles. The zero-order valence-corrected chi connectivity index (χ0v) is 10.9. The molecule has 1 aliphatic heterocycles. The van der Waals surface area contributed by atoms with E-state index in [1.54, 1.807) is 18.7 Å². The highest BCUT2D eigenvalue weighted by molar-refractivity contribution is 6.32. The lowest BCUT2D eigenvalue weighted by Crippen LogP contribution is -2.62. The quantitative estimate of drug-likeness (QED) is 0.630. The van der Waals surface area contributed by atoms with Gasteiger partial charge in [0.25, 0.3) is 0 Å². The Labute approximate surface area is 109 Å². The van der Waals surface area contributed by atoms with E-state index in [2.05, 4.69) is 15.3 Å². The minimum atomic E-state index is -0.784. The summed E-state index contributed by atoms with van der Waals surface area (Å²) in [5.41, 5.74) is -0.574.